The lowest BCUT2D eigenvalue weighted by atomic mass is 10.1. The summed E-state index contributed by atoms with van der Waals surface area (Å²) in [6.07, 6.45) is 4.28. The number of unbranched alkanes of at least 4 members (excludes halogenated alkanes) is 1. The number of hydrogen-bond donors (Lipinski definition) is 0. The van der Waals surface area contributed by atoms with Gasteiger partial charge in [0.25, 0.3) is 0 Å². The van der Waals surface area contributed by atoms with Crippen LogP contribution in [0.25, 0.3) is 22.6 Å². The van der Waals surface area contributed by atoms with Gasteiger partial charge in [-0.1, -0.05) is 67.9 Å². The SMILES string of the molecule is CCCCn1c(-c2ccccc2)nc(-c2ccc(SC)cc2)c1CN(Cc1ccc2c(c1)OCO2)Cc1ccc2c(c1)OCO2. The van der Waals surface area contributed by atoms with Gasteiger partial charge in [-0.15, -0.1) is 11.8 Å². The molecule has 0 spiro atoms. The summed E-state index contributed by atoms with van der Waals surface area (Å²) in [7, 11) is 0. The number of fused-ring (bicyclic) bond motifs is 2. The molecule has 0 fully saturated rings. The van der Waals surface area contributed by atoms with Crippen LogP contribution in [0.15, 0.2) is 95.9 Å². The van der Waals surface area contributed by atoms with Crippen LogP contribution in [0, 0.1) is 0 Å². The van der Waals surface area contributed by atoms with Gasteiger partial charge in [0.2, 0.25) is 13.6 Å². The zero-order chi connectivity index (χ0) is 30.6. The Hall–Kier alpha value is -4.40. The first-order valence-electron chi connectivity index (χ1n) is 15.5. The van der Waals surface area contributed by atoms with Crippen molar-refractivity contribution in [2.24, 2.45) is 0 Å². The van der Waals surface area contributed by atoms with Crippen LogP contribution in [0.3, 0.4) is 0 Å². The minimum absolute atomic E-state index is 0.261. The molecule has 0 saturated heterocycles. The van der Waals surface area contributed by atoms with Gasteiger partial charge in [-0.3, -0.25) is 4.90 Å². The lowest BCUT2D eigenvalue weighted by Crippen LogP contribution is -2.24. The molecule has 0 atom stereocenters. The van der Waals surface area contributed by atoms with Crippen LogP contribution in [-0.2, 0) is 26.2 Å². The summed E-state index contributed by atoms with van der Waals surface area (Å²) in [6, 6.07) is 31.8. The van der Waals surface area contributed by atoms with E-state index in [1.165, 1.54) is 10.6 Å². The molecule has 7 rings (SSSR count). The van der Waals surface area contributed by atoms with E-state index in [1.807, 2.05) is 12.1 Å². The van der Waals surface area contributed by atoms with Gasteiger partial charge < -0.3 is 23.5 Å². The van der Waals surface area contributed by atoms with Gasteiger partial charge >= 0.3 is 0 Å². The van der Waals surface area contributed by atoms with Gasteiger partial charge in [-0.05, 0) is 60.2 Å². The molecule has 0 unspecified atom stereocenters. The highest BCUT2D eigenvalue weighted by atomic mass is 32.2. The minimum atomic E-state index is 0.261. The third-order valence-corrected chi connectivity index (χ3v) is 9.01. The summed E-state index contributed by atoms with van der Waals surface area (Å²) in [5.74, 6) is 4.19. The molecule has 0 amide bonds. The number of benzene rings is 4. The zero-order valence-corrected chi connectivity index (χ0v) is 26.5. The molecule has 4 aromatic carbocycles. The average molecular weight is 620 g/mol. The Bertz CT molecular complexity index is 1710. The molecule has 8 heteroatoms. The third-order valence-electron chi connectivity index (χ3n) is 8.26. The fourth-order valence-corrected chi connectivity index (χ4v) is 6.37. The topological polar surface area (TPSA) is 58.0 Å². The maximum atomic E-state index is 5.73. The molecule has 0 saturated carbocycles. The van der Waals surface area contributed by atoms with Crippen molar-refractivity contribution in [3.63, 3.8) is 0 Å². The summed E-state index contributed by atoms with van der Waals surface area (Å²) in [4.78, 5) is 9.09. The van der Waals surface area contributed by atoms with E-state index in [4.69, 9.17) is 23.9 Å². The lowest BCUT2D eigenvalue weighted by molar-refractivity contribution is 0.173. The third kappa shape index (κ3) is 6.39. The normalized spacial score (nSPS) is 13.1. The van der Waals surface area contributed by atoms with Crippen LogP contribution >= 0.6 is 11.8 Å². The van der Waals surface area contributed by atoms with Crippen molar-refractivity contribution in [1.29, 1.82) is 0 Å². The highest BCUT2D eigenvalue weighted by Gasteiger charge is 2.24. The van der Waals surface area contributed by atoms with Gasteiger partial charge in [0, 0.05) is 42.2 Å². The molecule has 0 N–H and O–H groups in total. The fraction of sp³-hybridized carbons (Fsp3) is 0.270. The van der Waals surface area contributed by atoms with E-state index in [-0.39, 0.29) is 13.6 Å². The van der Waals surface area contributed by atoms with E-state index in [9.17, 15) is 0 Å². The molecule has 7 nitrogen and oxygen atoms in total. The Morgan fingerprint density at radius 3 is 1.93 bits per heavy atom. The van der Waals surface area contributed by atoms with E-state index >= 15 is 0 Å². The smallest absolute Gasteiger partial charge is 0.231 e. The van der Waals surface area contributed by atoms with Crippen molar-refractivity contribution < 1.29 is 18.9 Å². The van der Waals surface area contributed by atoms with Gasteiger partial charge in [0.1, 0.15) is 5.82 Å². The second-order valence-corrected chi connectivity index (χ2v) is 12.2. The number of nitrogens with zero attached hydrogens (tertiary/aromatic N) is 3. The van der Waals surface area contributed by atoms with Crippen molar-refractivity contribution in [3.8, 4) is 45.6 Å². The van der Waals surface area contributed by atoms with Crippen molar-refractivity contribution in [2.45, 2.75) is 50.8 Å². The van der Waals surface area contributed by atoms with Crippen LogP contribution in [0.2, 0.25) is 0 Å². The summed E-state index contributed by atoms with van der Waals surface area (Å²) < 4.78 is 25.1. The van der Waals surface area contributed by atoms with Crippen LogP contribution in [0.4, 0.5) is 0 Å². The molecule has 3 heterocycles. The van der Waals surface area contributed by atoms with Crippen molar-refractivity contribution >= 4 is 11.8 Å². The van der Waals surface area contributed by atoms with Gasteiger partial charge in [0.05, 0.1) is 11.4 Å². The van der Waals surface area contributed by atoms with Crippen molar-refractivity contribution in [1.82, 2.24) is 14.5 Å². The van der Waals surface area contributed by atoms with Gasteiger partial charge in [-0.2, -0.15) is 0 Å². The summed E-state index contributed by atoms with van der Waals surface area (Å²) in [5.41, 5.74) is 6.81. The van der Waals surface area contributed by atoms with E-state index in [2.05, 4.69) is 102 Å². The van der Waals surface area contributed by atoms with Gasteiger partial charge in [0.15, 0.2) is 23.0 Å². The standard InChI is InChI=1S/C37H37N3O4S/c1-3-4-18-40-31(36(28-12-14-30(45-2)15-13-28)38-37(40)29-8-6-5-7-9-29)23-39(21-26-10-16-32-34(19-26)43-24-41-32)22-27-11-17-33-35(20-27)44-25-42-33/h5-17,19-20H,3-4,18,21-25H2,1-2H3. The molecule has 0 radical (unpaired) electrons. The molecule has 2 aliphatic heterocycles. The van der Waals surface area contributed by atoms with Crippen LogP contribution in [0.5, 0.6) is 23.0 Å². The Morgan fingerprint density at radius 2 is 1.33 bits per heavy atom. The minimum Gasteiger partial charge on any atom is -0.454 e. The second kappa shape index (κ2) is 13.3. The largest absolute Gasteiger partial charge is 0.454 e. The second-order valence-electron chi connectivity index (χ2n) is 11.4. The Kier molecular flexibility index (Phi) is 8.67. The summed E-state index contributed by atoms with van der Waals surface area (Å²) in [5, 5.41) is 0. The van der Waals surface area contributed by atoms with E-state index in [1.54, 1.807) is 11.8 Å². The van der Waals surface area contributed by atoms with Crippen LogP contribution in [-0.4, -0.2) is 34.3 Å². The highest BCUT2D eigenvalue weighted by Crippen LogP contribution is 2.36. The highest BCUT2D eigenvalue weighted by molar-refractivity contribution is 7.98. The first-order valence-corrected chi connectivity index (χ1v) is 16.7. The number of hydrogen-bond acceptors (Lipinski definition) is 7. The number of rotatable bonds is 12. The predicted octanol–water partition coefficient (Wildman–Crippen LogP) is 8.40. The van der Waals surface area contributed by atoms with Gasteiger partial charge in [-0.25, -0.2) is 4.98 Å². The summed E-state index contributed by atoms with van der Waals surface area (Å²) in [6.45, 7) is 5.80. The van der Waals surface area contributed by atoms with Crippen LogP contribution < -0.4 is 18.9 Å². The molecule has 5 aromatic rings. The first-order chi connectivity index (χ1) is 22.2. The lowest BCUT2D eigenvalue weighted by Gasteiger charge is -2.25. The Morgan fingerprint density at radius 1 is 0.711 bits per heavy atom. The zero-order valence-electron chi connectivity index (χ0n) is 25.7. The molecule has 45 heavy (non-hydrogen) atoms. The number of thioether (sulfide) groups is 1. The number of imidazole rings is 1. The quantitative estimate of drug-likeness (QED) is 0.130. The Balaban J connectivity index is 1.32. The molecular formula is C37H37N3O4S. The molecule has 0 aliphatic carbocycles. The molecular weight excluding hydrogens is 582 g/mol. The predicted molar refractivity (Wildman–Crippen MR) is 178 cm³/mol. The maximum absolute atomic E-state index is 5.73. The van der Waals surface area contributed by atoms with Crippen molar-refractivity contribution in [3.05, 3.63) is 108 Å². The van der Waals surface area contributed by atoms with E-state index in [0.29, 0.717) is 6.54 Å². The number of ether oxygens (including phenoxy) is 4. The maximum Gasteiger partial charge on any atom is 0.231 e. The number of aromatic nitrogens is 2. The first kappa shape index (κ1) is 29.3. The van der Waals surface area contributed by atoms with E-state index in [0.717, 1.165) is 89.2 Å². The molecule has 230 valence electrons. The van der Waals surface area contributed by atoms with E-state index < -0.39 is 0 Å². The van der Waals surface area contributed by atoms with Crippen molar-refractivity contribution in [2.75, 3.05) is 19.8 Å². The molecule has 1 aromatic heterocycles. The average Bonchev–Trinajstić information content (AvgIpc) is 3.83. The summed E-state index contributed by atoms with van der Waals surface area (Å²) >= 11 is 1.75. The monoisotopic (exact) mass is 619 g/mol. The van der Waals surface area contributed by atoms with Crippen LogP contribution in [0.1, 0.15) is 36.6 Å². The Labute approximate surface area is 268 Å². The fourth-order valence-electron chi connectivity index (χ4n) is 5.97. The molecule has 0 bridgehead atoms. The molecule has 2 aliphatic rings.